The van der Waals surface area contributed by atoms with Crippen LogP contribution in [-0.4, -0.2) is 62.5 Å². The maximum absolute atomic E-state index is 9.98. The summed E-state index contributed by atoms with van der Waals surface area (Å²) in [5.74, 6) is -1.98. The molecule has 7 nitrogen and oxygen atoms in total. The summed E-state index contributed by atoms with van der Waals surface area (Å²) >= 11 is 1.49. The van der Waals surface area contributed by atoms with Gasteiger partial charge in [-0.2, -0.15) is 0 Å². The van der Waals surface area contributed by atoms with Crippen LogP contribution in [0.25, 0.3) is 0 Å². The molecule has 5 N–H and O–H groups in total. The van der Waals surface area contributed by atoms with E-state index in [4.69, 9.17) is 25.5 Å². The largest absolute Gasteiger partial charge is 0.547 e. The first-order valence-electron chi connectivity index (χ1n) is 6.16. The van der Waals surface area contributed by atoms with Crippen LogP contribution in [-0.2, 0) is 23.1 Å². The minimum atomic E-state index is -2.31. The zero-order chi connectivity index (χ0) is 15.4. The van der Waals surface area contributed by atoms with Gasteiger partial charge in [0.2, 0.25) is 0 Å². The molecule has 8 heteroatoms. The molecule has 0 aliphatic rings. The minimum absolute atomic E-state index is 0.863. The summed E-state index contributed by atoms with van der Waals surface area (Å²) in [5, 5.41) is 54.9. The van der Waals surface area contributed by atoms with Crippen LogP contribution in [0.1, 0.15) is 26.2 Å². The summed E-state index contributed by atoms with van der Waals surface area (Å²) in [4.78, 5) is 9.98. The van der Waals surface area contributed by atoms with E-state index in [2.05, 4.69) is 6.92 Å². The Bertz CT molecular complexity index is 223. The molecule has 0 aromatic rings. The topological polar surface area (TPSA) is 141 Å². The molecule has 0 heterocycles. The first-order valence-corrected chi connectivity index (χ1v) is 8.26. The van der Waals surface area contributed by atoms with Gasteiger partial charge in [0.15, 0.2) is 0 Å². The van der Waals surface area contributed by atoms with E-state index in [0.29, 0.717) is 0 Å². The zero-order valence-electron chi connectivity index (χ0n) is 11.1. The van der Waals surface area contributed by atoms with Gasteiger partial charge in [-0.05, 0) is 0 Å². The quantitative estimate of drug-likeness (QED) is 0.241. The number of hydrogen-bond acceptors (Lipinski definition) is 7. The van der Waals surface area contributed by atoms with Crippen LogP contribution in [0.15, 0.2) is 0 Å². The van der Waals surface area contributed by atoms with Gasteiger partial charge in [0.05, 0.1) is 12.6 Å². The Hall–Kier alpha value is -0.107. The summed E-state index contributed by atoms with van der Waals surface area (Å²) in [6, 6.07) is 0. The van der Waals surface area contributed by atoms with Crippen molar-refractivity contribution in [1.82, 2.24) is 0 Å². The Balaban J connectivity index is 0. The van der Waals surface area contributed by atoms with E-state index in [0.717, 1.165) is 0 Å². The van der Waals surface area contributed by atoms with Crippen molar-refractivity contribution >= 4 is 5.97 Å². The number of carboxylic acids is 1. The standard InChI is InChI=1S/C6H12O7.C5H11.Zn/c7-1-2(8)3(9)4(10)5(11)6(12)13;1-3-5-4-2;/h2-5,7-11H,1H2,(H,12,13);1,3-5H2,2H3;/q;;+1/p-1. The number of unbranched alkanes of at least 4 members (excludes halogenated alkanes) is 2. The summed E-state index contributed by atoms with van der Waals surface area (Å²) in [7, 11) is 0. The molecule has 19 heavy (non-hydrogen) atoms. The molecular formula is C11H22O7Zn. The van der Waals surface area contributed by atoms with E-state index >= 15 is 0 Å². The van der Waals surface area contributed by atoms with E-state index in [1.165, 1.54) is 42.6 Å². The van der Waals surface area contributed by atoms with Gasteiger partial charge in [0.25, 0.3) is 0 Å². The van der Waals surface area contributed by atoms with Gasteiger partial charge in [-0.1, -0.05) is 0 Å². The number of rotatable bonds is 8. The smallest absolute Gasteiger partial charge is 0.122 e. The second-order valence-electron chi connectivity index (χ2n) is 4.06. The van der Waals surface area contributed by atoms with Gasteiger partial charge in [-0.15, -0.1) is 0 Å². The third-order valence-corrected chi connectivity index (χ3v) is 3.40. The van der Waals surface area contributed by atoms with E-state index in [9.17, 15) is 9.90 Å². The monoisotopic (exact) mass is 330 g/mol. The Morgan fingerprint density at radius 3 is 1.95 bits per heavy atom. The maximum Gasteiger partial charge on any atom is 0.122 e. The van der Waals surface area contributed by atoms with Crippen LogP contribution in [0, 0.1) is 0 Å². The molecule has 0 bridgehead atoms. The number of hydrogen-bond donors (Lipinski definition) is 5. The van der Waals surface area contributed by atoms with Gasteiger partial charge < -0.3 is 35.4 Å². The molecule has 0 fully saturated rings. The molecule has 0 aromatic carbocycles. The van der Waals surface area contributed by atoms with Crippen molar-refractivity contribution < 1.29 is 53.7 Å². The van der Waals surface area contributed by atoms with Crippen molar-refractivity contribution in [2.45, 2.75) is 55.6 Å². The van der Waals surface area contributed by atoms with Crippen LogP contribution >= 0.6 is 0 Å². The average molecular weight is 332 g/mol. The molecule has 0 aliphatic carbocycles. The zero-order valence-corrected chi connectivity index (χ0v) is 14.1. The number of aliphatic hydroxyl groups is 5. The van der Waals surface area contributed by atoms with Crippen LogP contribution in [0.3, 0.4) is 0 Å². The molecule has 110 valence electrons. The summed E-state index contributed by atoms with van der Waals surface area (Å²) < 4.78 is 0. The maximum atomic E-state index is 9.98. The van der Waals surface area contributed by atoms with Crippen molar-refractivity contribution in [2.75, 3.05) is 6.61 Å². The molecule has 0 saturated carbocycles. The molecule has 0 aromatic heterocycles. The normalized spacial score (nSPS) is 16.8. The number of aliphatic carboxylic acids is 1. The second-order valence-corrected chi connectivity index (χ2v) is 5.54. The Morgan fingerprint density at radius 2 is 1.68 bits per heavy atom. The summed E-state index contributed by atoms with van der Waals surface area (Å²) in [5.41, 5.74) is 0. The third-order valence-electron chi connectivity index (χ3n) is 2.35. The first kappa shape index (κ1) is 21.2. The summed E-state index contributed by atoms with van der Waals surface area (Å²) in [6.45, 7) is 1.38. The molecule has 0 aliphatic heterocycles. The molecule has 0 amide bonds. The number of carboxylic acid groups (broad SMARTS) is 1. The number of carbonyl (C=O) groups excluding carboxylic acids is 1. The first-order chi connectivity index (χ1) is 8.83. The average Bonchev–Trinajstić information content (AvgIpc) is 2.42. The minimum Gasteiger partial charge on any atom is -0.547 e. The number of aliphatic hydroxyl groups excluding tert-OH is 5. The predicted octanol–water partition coefficient (Wildman–Crippen LogP) is -2.69. The fourth-order valence-electron chi connectivity index (χ4n) is 1.09. The van der Waals surface area contributed by atoms with Crippen molar-refractivity contribution in [1.29, 1.82) is 0 Å². The molecule has 0 radical (unpaired) electrons. The van der Waals surface area contributed by atoms with Gasteiger partial charge in [0, 0.05) is 0 Å². The SMILES string of the molecule is CCCC[CH2][Zn+].O=C([O-])C(O)C(O)C(O)C(O)CO. The number of carbonyl (C=O) groups is 1. The third kappa shape index (κ3) is 10.4. The van der Waals surface area contributed by atoms with Crippen LogP contribution in [0.4, 0.5) is 0 Å². The fraction of sp³-hybridized carbons (Fsp3) is 0.909. The van der Waals surface area contributed by atoms with Crippen molar-refractivity contribution in [3.05, 3.63) is 0 Å². The Labute approximate surface area is 122 Å². The predicted molar refractivity (Wildman–Crippen MR) is 60.5 cm³/mol. The molecule has 0 spiro atoms. The van der Waals surface area contributed by atoms with Gasteiger partial charge in [-0.3, -0.25) is 0 Å². The molecule has 0 rings (SSSR count). The Kier molecular flexibility index (Phi) is 14.4. The van der Waals surface area contributed by atoms with E-state index in [-0.39, 0.29) is 0 Å². The molecule has 4 unspecified atom stereocenters. The molecule has 0 saturated heterocycles. The van der Waals surface area contributed by atoms with E-state index in [1.54, 1.807) is 0 Å². The van der Waals surface area contributed by atoms with Crippen LogP contribution in [0.5, 0.6) is 0 Å². The van der Waals surface area contributed by atoms with Crippen molar-refractivity contribution in [3.63, 3.8) is 0 Å². The second kappa shape index (κ2) is 12.9. The fourth-order valence-corrected chi connectivity index (χ4v) is 1.83. The van der Waals surface area contributed by atoms with Crippen LogP contribution in [0.2, 0.25) is 5.02 Å². The summed E-state index contributed by atoms with van der Waals surface area (Å²) in [6.07, 6.45) is -3.79. The van der Waals surface area contributed by atoms with Gasteiger partial charge in [0.1, 0.15) is 24.4 Å². The van der Waals surface area contributed by atoms with Crippen molar-refractivity contribution in [3.8, 4) is 0 Å². The van der Waals surface area contributed by atoms with E-state index in [1.807, 2.05) is 0 Å². The van der Waals surface area contributed by atoms with Crippen molar-refractivity contribution in [2.24, 2.45) is 0 Å². The van der Waals surface area contributed by atoms with E-state index < -0.39 is 37.0 Å². The Morgan fingerprint density at radius 1 is 1.16 bits per heavy atom. The van der Waals surface area contributed by atoms with Gasteiger partial charge >= 0.3 is 49.5 Å². The molecule has 4 atom stereocenters. The van der Waals surface area contributed by atoms with Crippen LogP contribution < -0.4 is 5.11 Å². The van der Waals surface area contributed by atoms with Gasteiger partial charge in [-0.25, -0.2) is 0 Å². The molecular weight excluding hydrogens is 310 g/mol.